The lowest BCUT2D eigenvalue weighted by atomic mass is 10.1. The number of rotatable bonds is 9. The highest BCUT2D eigenvalue weighted by Gasteiger charge is 2.21. The van der Waals surface area contributed by atoms with Crippen molar-refractivity contribution in [2.75, 3.05) is 6.61 Å². The van der Waals surface area contributed by atoms with Crippen molar-refractivity contribution in [3.8, 4) is 5.75 Å². The zero-order valence-corrected chi connectivity index (χ0v) is 18.0. The number of aromatic nitrogens is 1. The van der Waals surface area contributed by atoms with Crippen LogP contribution < -0.4 is 4.74 Å². The summed E-state index contributed by atoms with van der Waals surface area (Å²) in [5, 5.41) is 0.845. The average molecular weight is 414 g/mol. The molecule has 0 fully saturated rings. The number of hydrogen-bond donors (Lipinski definition) is 0. The number of hydrogen-bond acceptors (Lipinski definition) is 4. The van der Waals surface area contributed by atoms with Gasteiger partial charge in [-0.25, -0.2) is 12.4 Å². The first-order valence-corrected chi connectivity index (χ1v) is 11.4. The van der Waals surface area contributed by atoms with Crippen LogP contribution in [0.4, 0.5) is 0 Å². The number of benzene rings is 2. The summed E-state index contributed by atoms with van der Waals surface area (Å²) in [6, 6.07) is 12.3. The molecule has 0 saturated heterocycles. The first kappa shape index (κ1) is 21.1. The smallest absolute Gasteiger partial charge is 0.268 e. The lowest BCUT2D eigenvalue weighted by molar-refractivity contribution is -0.117. The predicted molar refractivity (Wildman–Crippen MR) is 115 cm³/mol. The Balaban J connectivity index is 2.08. The van der Waals surface area contributed by atoms with E-state index in [9.17, 15) is 13.2 Å². The van der Waals surface area contributed by atoms with E-state index in [0.29, 0.717) is 31.4 Å². The van der Waals surface area contributed by atoms with Gasteiger partial charge in [-0.15, -0.1) is 0 Å². The van der Waals surface area contributed by atoms with E-state index >= 15 is 0 Å². The normalized spacial score (nSPS) is 11.7. The maximum atomic E-state index is 13.3. The monoisotopic (exact) mass is 413 g/mol. The van der Waals surface area contributed by atoms with E-state index < -0.39 is 10.0 Å². The molecule has 1 aromatic heterocycles. The fraction of sp³-hybridized carbons (Fsp3) is 0.348. The highest BCUT2D eigenvalue weighted by Crippen LogP contribution is 2.30. The van der Waals surface area contributed by atoms with Gasteiger partial charge in [-0.3, -0.25) is 0 Å². The number of carbonyl (C=O) groups excluding carboxylic acids is 1. The van der Waals surface area contributed by atoms with Crippen molar-refractivity contribution in [1.29, 1.82) is 0 Å². The minimum Gasteiger partial charge on any atom is -0.494 e. The molecule has 2 aromatic carbocycles. The Bertz CT molecular complexity index is 1110. The third kappa shape index (κ3) is 4.70. The van der Waals surface area contributed by atoms with Crippen LogP contribution in [0.1, 0.15) is 44.2 Å². The molecule has 1 heterocycles. The van der Waals surface area contributed by atoms with Gasteiger partial charge in [0.05, 0.1) is 17.0 Å². The molecule has 6 heteroatoms. The first-order chi connectivity index (χ1) is 13.8. The average Bonchev–Trinajstić information content (AvgIpc) is 3.05. The van der Waals surface area contributed by atoms with Gasteiger partial charge in [0.1, 0.15) is 11.5 Å². The maximum absolute atomic E-state index is 13.3. The third-order valence-electron chi connectivity index (χ3n) is 4.85. The van der Waals surface area contributed by atoms with E-state index in [1.807, 2.05) is 19.9 Å². The molecule has 0 aliphatic heterocycles. The van der Waals surface area contributed by atoms with Crippen LogP contribution in [-0.2, 0) is 21.2 Å². The molecule has 154 valence electrons. The Morgan fingerprint density at radius 1 is 1.10 bits per heavy atom. The van der Waals surface area contributed by atoms with Gasteiger partial charge >= 0.3 is 0 Å². The summed E-state index contributed by atoms with van der Waals surface area (Å²) in [7, 11) is -3.72. The molecule has 0 bridgehead atoms. The number of aryl methyl sites for hydroxylation is 2. The van der Waals surface area contributed by atoms with Crippen molar-refractivity contribution in [1.82, 2.24) is 3.97 Å². The number of Topliss-reactive ketones (excluding diaryl/α,β-unsaturated/α-hetero) is 1. The van der Waals surface area contributed by atoms with Gasteiger partial charge < -0.3 is 9.53 Å². The summed E-state index contributed by atoms with van der Waals surface area (Å²) in [6.45, 7) is 6.14. The van der Waals surface area contributed by atoms with E-state index in [1.54, 1.807) is 49.5 Å². The zero-order valence-electron chi connectivity index (χ0n) is 17.1. The second kappa shape index (κ2) is 8.82. The number of ketones is 1. The van der Waals surface area contributed by atoms with Crippen molar-refractivity contribution in [3.05, 3.63) is 59.8 Å². The van der Waals surface area contributed by atoms with Gasteiger partial charge in [-0.2, -0.15) is 0 Å². The Morgan fingerprint density at radius 2 is 1.83 bits per heavy atom. The second-order valence-electron chi connectivity index (χ2n) is 7.35. The lowest BCUT2D eigenvalue weighted by Crippen LogP contribution is -2.11. The van der Waals surface area contributed by atoms with Crippen molar-refractivity contribution < 1.29 is 17.9 Å². The fourth-order valence-electron chi connectivity index (χ4n) is 3.30. The molecule has 0 unspecified atom stereocenters. The molecular formula is C23H27NO4S. The first-order valence-electron chi connectivity index (χ1n) is 9.91. The lowest BCUT2D eigenvalue weighted by Gasteiger charge is -2.09. The molecule has 5 nitrogen and oxygen atoms in total. The van der Waals surface area contributed by atoms with E-state index in [-0.39, 0.29) is 10.7 Å². The van der Waals surface area contributed by atoms with Gasteiger partial charge in [0, 0.05) is 18.0 Å². The van der Waals surface area contributed by atoms with Crippen LogP contribution in [0, 0.1) is 6.92 Å². The topological polar surface area (TPSA) is 65.4 Å². The summed E-state index contributed by atoms with van der Waals surface area (Å²) in [4.78, 5) is 11.6. The minimum atomic E-state index is -3.72. The zero-order chi connectivity index (χ0) is 21.0. The summed E-state index contributed by atoms with van der Waals surface area (Å²) in [6.07, 6.45) is 4.36. The Labute approximate surface area is 172 Å². The maximum Gasteiger partial charge on any atom is 0.268 e. The van der Waals surface area contributed by atoms with Crippen LogP contribution in [0.3, 0.4) is 0 Å². The Morgan fingerprint density at radius 3 is 2.48 bits per heavy atom. The number of nitrogens with zero attached hydrogens (tertiary/aromatic N) is 1. The number of fused-ring (bicyclic) bond motifs is 1. The van der Waals surface area contributed by atoms with E-state index in [0.717, 1.165) is 28.7 Å². The molecular weight excluding hydrogens is 386 g/mol. The predicted octanol–water partition coefficient (Wildman–Crippen LogP) is 4.89. The molecule has 0 spiro atoms. The summed E-state index contributed by atoms with van der Waals surface area (Å²) in [5.41, 5.74) is 2.52. The van der Waals surface area contributed by atoms with E-state index in [4.69, 9.17) is 4.74 Å². The quantitative estimate of drug-likeness (QED) is 0.501. The van der Waals surface area contributed by atoms with Crippen LogP contribution in [0.5, 0.6) is 5.75 Å². The van der Waals surface area contributed by atoms with Gasteiger partial charge in [-0.1, -0.05) is 24.6 Å². The SMILES string of the molecule is CCCOc1ccc2c(c1)c(CCCC(C)=O)cn2S(=O)(=O)c1ccc(C)cc1. The van der Waals surface area contributed by atoms with E-state index in [1.165, 1.54) is 3.97 Å². The van der Waals surface area contributed by atoms with Crippen LogP contribution in [0.2, 0.25) is 0 Å². The number of ether oxygens (including phenoxy) is 1. The van der Waals surface area contributed by atoms with Crippen LogP contribution in [0.15, 0.2) is 53.6 Å². The molecule has 0 saturated carbocycles. The largest absolute Gasteiger partial charge is 0.494 e. The molecule has 0 amide bonds. The highest BCUT2D eigenvalue weighted by molar-refractivity contribution is 7.90. The van der Waals surface area contributed by atoms with Crippen molar-refractivity contribution in [2.45, 2.75) is 51.3 Å². The van der Waals surface area contributed by atoms with Gasteiger partial charge in [0.2, 0.25) is 0 Å². The molecule has 0 atom stereocenters. The Hall–Kier alpha value is -2.60. The van der Waals surface area contributed by atoms with Crippen LogP contribution in [0.25, 0.3) is 10.9 Å². The van der Waals surface area contributed by atoms with Gasteiger partial charge in [0.25, 0.3) is 10.0 Å². The molecule has 3 rings (SSSR count). The molecule has 0 N–H and O–H groups in total. The Kier molecular flexibility index (Phi) is 6.42. The second-order valence-corrected chi connectivity index (χ2v) is 9.17. The summed E-state index contributed by atoms with van der Waals surface area (Å²) >= 11 is 0. The molecule has 29 heavy (non-hydrogen) atoms. The van der Waals surface area contributed by atoms with Crippen LogP contribution in [-0.4, -0.2) is 24.8 Å². The molecule has 0 aliphatic carbocycles. The highest BCUT2D eigenvalue weighted by atomic mass is 32.2. The van der Waals surface area contributed by atoms with Crippen molar-refractivity contribution in [2.24, 2.45) is 0 Å². The van der Waals surface area contributed by atoms with Crippen LogP contribution >= 0.6 is 0 Å². The molecule has 3 aromatic rings. The van der Waals surface area contributed by atoms with Gasteiger partial charge in [-0.05, 0) is 69.0 Å². The minimum absolute atomic E-state index is 0.132. The summed E-state index contributed by atoms with van der Waals surface area (Å²) in [5.74, 6) is 0.852. The van der Waals surface area contributed by atoms with Crippen molar-refractivity contribution >= 4 is 26.7 Å². The standard InChI is InChI=1S/C23H27NO4S/c1-4-14-28-20-10-13-23-22(15-20)19(7-5-6-18(3)25)16-24(23)29(26,27)21-11-8-17(2)9-12-21/h8-13,15-16H,4-7,14H2,1-3H3. The van der Waals surface area contributed by atoms with E-state index in [2.05, 4.69) is 0 Å². The summed E-state index contributed by atoms with van der Waals surface area (Å²) < 4.78 is 33.7. The number of carbonyl (C=O) groups is 1. The molecule has 0 radical (unpaired) electrons. The molecule has 0 aliphatic rings. The third-order valence-corrected chi connectivity index (χ3v) is 6.54. The fourth-order valence-corrected chi connectivity index (χ4v) is 4.70. The van der Waals surface area contributed by atoms with Crippen molar-refractivity contribution in [3.63, 3.8) is 0 Å². The van der Waals surface area contributed by atoms with Gasteiger partial charge in [0.15, 0.2) is 0 Å².